The van der Waals surface area contributed by atoms with E-state index in [9.17, 15) is 22.4 Å². The van der Waals surface area contributed by atoms with Crippen molar-refractivity contribution >= 4 is 23.4 Å². The molecular weight excluding hydrogens is 562 g/mol. The molecular formula is C27H25F4N7O2S. The van der Waals surface area contributed by atoms with Gasteiger partial charge in [-0.2, -0.15) is 0 Å². The van der Waals surface area contributed by atoms with Gasteiger partial charge in [0.2, 0.25) is 0 Å². The van der Waals surface area contributed by atoms with Gasteiger partial charge in [-0.25, -0.2) is 19.0 Å². The molecule has 5 rings (SSSR count). The van der Waals surface area contributed by atoms with E-state index in [-0.39, 0.29) is 28.9 Å². The minimum absolute atomic E-state index is 0.132. The van der Waals surface area contributed by atoms with E-state index in [1.165, 1.54) is 52.8 Å². The predicted molar refractivity (Wildman–Crippen MR) is 144 cm³/mol. The van der Waals surface area contributed by atoms with E-state index in [1.54, 1.807) is 17.0 Å². The molecule has 0 aliphatic carbocycles. The van der Waals surface area contributed by atoms with Gasteiger partial charge in [0.25, 0.3) is 5.91 Å². The number of piperazine rings is 1. The zero-order chi connectivity index (χ0) is 29.1. The summed E-state index contributed by atoms with van der Waals surface area (Å²) in [6.07, 6.45) is -4.82. The van der Waals surface area contributed by atoms with Gasteiger partial charge in [-0.1, -0.05) is 17.0 Å². The number of benzene rings is 2. The summed E-state index contributed by atoms with van der Waals surface area (Å²) >= 11 is 1.30. The average molecular weight is 588 g/mol. The Labute approximate surface area is 237 Å². The van der Waals surface area contributed by atoms with Crippen LogP contribution in [0.5, 0.6) is 5.75 Å². The van der Waals surface area contributed by atoms with Crippen LogP contribution < -0.4 is 9.64 Å². The third kappa shape index (κ3) is 6.93. The first-order chi connectivity index (χ1) is 19.6. The van der Waals surface area contributed by atoms with Crippen LogP contribution in [0.4, 0.5) is 23.2 Å². The summed E-state index contributed by atoms with van der Waals surface area (Å²) in [5.74, 6) is -0.780. The number of amides is 1. The number of ether oxygens (including phenoxy) is 1. The van der Waals surface area contributed by atoms with Crippen LogP contribution in [0.25, 0.3) is 5.69 Å². The Hall–Kier alpha value is -4.20. The molecule has 3 heterocycles. The van der Waals surface area contributed by atoms with E-state index < -0.39 is 6.36 Å². The smallest absolute Gasteiger partial charge is 0.406 e. The molecule has 1 amide bonds. The monoisotopic (exact) mass is 587 g/mol. The number of halogens is 4. The molecule has 9 nitrogen and oxygen atoms in total. The molecule has 1 fully saturated rings. The maximum absolute atomic E-state index is 13.6. The number of aromatic nitrogens is 5. The molecule has 41 heavy (non-hydrogen) atoms. The first kappa shape index (κ1) is 28.3. The molecule has 0 N–H and O–H groups in total. The van der Waals surface area contributed by atoms with E-state index >= 15 is 0 Å². The lowest BCUT2D eigenvalue weighted by Gasteiger charge is -2.35. The van der Waals surface area contributed by atoms with Gasteiger partial charge in [-0.3, -0.25) is 4.79 Å². The molecule has 0 saturated carbocycles. The first-order valence-corrected chi connectivity index (χ1v) is 13.6. The zero-order valence-electron chi connectivity index (χ0n) is 22.1. The fourth-order valence-corrected chi connectivity index (χ4v) is 5.40. The summed E-state index contributed by atoms with van der Waals surface area (Å²) in [7, 11) is 0. The Morgan fingerprint density at radius 2 is 1.54 bits per heavy atom. The number of anilines is 1. The van der Waals surface area contributed by atoms with Crippen LogP contribution in [0.15, 0.2) is 59.8 Å². The van der Waals surface area contributed by atoms with Crippen LogP contribution >= 0.6 is 11.8 Å². The van der Waals surface area contributed by atoms with E-state index in [1.807, 2.05) is 19.9 Å². The van der Waals surface area contributed by atoms with E-state index in [4.69, 9.17) is 0 Å². The lowest BCUT2D eigenvalue weighted by Crippen LogP contribution is -2.49. The third-order valence-corrected chi connectivity index (χ3v) is 7.20. The fraction of sp³-hybridized carbons (Fsp3) is 0.296. The highest BCUT2D eigenvalue weighted by Crippen LogP contribution is 2.27. The summed E-state index contributed by atoms with van der Waals surface area (Å²) < 4.78 is 56.6. The van der Waals surface area contributed by atoms with Gasteiger partial charge in [0.05, 0.1) is 11.4 Å². The molecule has 4 aromatic rings. The number of alkyl halides is 3. The van der Waals surface area contributed by atoms with Gasteiger partial charge >= 0.3 is 6.36 Å². The normalized spacial score (nSPS) is 13.9. The predicted octanol–water partition coefficient (Wildman–Crippen LogP) is 4.97. The fourth-order valence-electron chi connectivity index (χ4n) is 4.45. The Kier molecular flexibility index (Phi) is 8.10. The number of hydrogen-bond donors (Lipinski definition) is 0. The van der Waals surface area contributed by atoms with Gasteiger partial charge in [0.1, 0.15) is 11.6 Å². The Bertz CT molecular complexity index is 1500. The molecule has 0 radical (unpaired) electrons. The van der Waals surface area contributed by atoms with E-state index in [0.29, 0.717) is 42.7 Å². The summed E-state index contributed by atoms with van der Waals surface area (Å²) in [5.41, 5.74) is 3.45. The average Bonchev–Trinajstić information content (AvgIpc) is 3.35. The molecule has 214 valence electrons. The molecule has 2 aromatic carbocycles. The number of rotatable bonds is 7. The first-order valence-electron chi connectivity index (χ1n) is 12.6. The van der Waals surface area contributed by atoms with Crippen molar-refractivity contribution in [2.45, 2.75) is 31.1 Å². The van der Waals surface area contributed by atoms with Crippen LogP contribution in [-0.2, 0) is 5.75 Å². The van der Waals surface area contributed by atoms with Crippen LogP contribution in [0, 0.1) is 19.7 Å². The number of carbonyl (C=O) groups is 1. The molecule has 0 spiro atoms. The van der Waals surface area contributed by atoms with Crippen molar-refractivity contribution in [1.82, 2.24) is 29.9 Å². The maximum atomic E-state index is 13.6. The van der Waals surface area contributed by atoms with E-state index in [0.717, 1.165) is 17.1 Å². The lowest BCUT2D eigenvalue weighted by atomic mass is 10.2. The molecule has 0 unspecified atom stereocenters. The lowest BCUT2D eigenvalue weighted by molar-refractivity contribution is -0.274. The van der Waals surface area contributed by atoms with Gasteiger partial charge in [-0.05, 0) is 68.4 Å². The van der Waals surface area contributed by atoms with Gasteiger partial charge in [0.15, 0.2) is 10.9 Å². The maximum Gasteiger partial charge on any atom is 0.573 e. The minimum atomic E-state index is -4.82. The second-order valence-corrected chi connectivity index (χ2v) is 10.3. The second-order valence-electron chi connectivity index (χ2n) is 9.32. The molecule has 0 atom stereocenters. The molecule has 0 bridgehead atoms. The topological polar surface area (TPSA) is 89.3 Å². The van der Waals surface area contributed by atoms with Crippen molar-refractivity contribution < 1.29 is 27.1 Å². The Balaban J connectivity index is 1.39. The highest BCUT2D eigenvalue weighted by molar-refractivity contribution is 7.98. The highest BCUT2D eigenvalue weighted by Gasteiger charge is 2.31. The second kappa shape index (κ2) is 11.7. The van der Waals surface area contributed by atoms with Crippen molar-refractivity contribution in [3.8, 4) is 11.4 Å². The molecule has 1 aliphatic rings. The number of carbonyl (C=O) groups excluding carboxylic acids is 1. The highest BCUT2D eigenvalue weighted by atomic mass is 32.2. The minimum Gasteiger partial charge on any atom is -0.406 e. The molecule has 1 aliphatic heterocycles. The number of aryl methyl sites for hydroxylation is 2. The molecule has 14 heteroatoms. The van der Waals surface area contributed by atoms with Gasteiger partial charge in [-0.15, -0.1) is 18.3 Å². The third-order valence-electron chi connectivity index (χ3n) is 6.34. The van der Waals surface area contributed by atoms with Gasteiger partial charge < -0.3 is 14.5 Å². The van der Waals surface area contributed by atoms with Crippen molar-refractivity contribution in [2.75, 3.05) is 31.1 Å². The number of nitrogens with zero attached hydrogens (tertiary/aromatic N) is 7. The Morgan fingerprint density at radius 1 is 0.927 bits per heavy atom. The van der Waals surface area contributed by atoms with Crippen molar-refractivity contribution in [3.63, 3.8) is 0 Å². The number of hydrogen-bond acceptors (Lipinski definition) is 8. The van der Waals surface area contributed by atoms with Gasteiger partial charge in [0, 0.05) is 49.0 Å². The van der Waals surface area contributed by atoms with Crippen molar-refractivity contribution in [1.29, 1.82) is 0 Å². The Morgan fingerprint density at radius 3 is 2.15 bits per heavy atom. The van der Waals surface area contributed by atoms with Crippen LogP contribution in [0.2, 0.25) is 0 Å². The van der Waals surface area contributed by atoms with Crippen LogP contribution in [-0.4, -0.2) is 68.3 Å². The molecule has 2 aromatic heterocycles. The van der Waals surface area contributed by atoms with Crippen LogP contribution in [0.1, 0.15) is 27.6 Å². The zero-order valence-corrected chi connectivity index (χ0v) is 22.9. The summed E-state index contributed by atoms with van der Waals surface area (Å²) in [4.78, 5) is 26.3. The standard InChI is InChI=1S/C27H25F4N7O2S/c1-17-15-18(2)33-26(32-17)41-16-23-24(34-35-38(23)21-7-9-22(10-8-21)40-27(29,30)31)25(39)37-13-11-36(12-14-37)20-5-3-19(28)4-6-20/h3-10,15H,11-14,16H2,1-2H3. The van der Waals surface area contributed by atoms with Crippen molar-refractivity contribution in [3.05, 3.63) is 83.2 Å². The summed E-state index contributed by atoms with van der Waals surface area (Å²) in [6, 6.07) is 13.2. The number of thioether (sulfide) groups is 1. The largest absolute Gasteiger partial charge is 0.573 e. The molecule has 1 saturated heterocycles. The van der Waals surface area contributed by atoms with Crippen LogP contribution in [0.3, 0.4) is 0 Å². The SMILES string of the molecule is Cc1cc(C)nc(SCc2c(C(=O)N3CCN(c4ccc(F)cc4)CC3)nnn2-c2ccc(OC(F)(F)F)cc2)n1. The summed E-state index contributed by atoms with van der Waals surface area (Å²) in [6.45, 7) is 5.64. The summed E-state index contributed by atoms with van der Waals surface area (Å²) in [5, 5.41) is 8.88. The van der Waals surface area contributed by atoms with Crippen molar-refractivity contribution in [2.24, 2.45) is 0 Å². The van der Waals surface area contributed by atoms with E-state index in [2.05, 4.69) is 29.9 Å². The quantitative estimate of drug-likeness (QED) is 0.170.